The van der Waals surface area contributed by atoms with E-state index in [2.05, 4.69) is 24.2 Å². The average Bonchev–Trinajstić information content (AvgIpc) is 2.45. The van der Waals surface area contributed by atoms with Crippen molar-refractivity contribution >= 4 is 11.6 Å². The van der Waals surface area contributed by atoms with E-state index in [1.165, 1.54) is 0 Å². The number of para-hydroxylation sites is 1. The van der Waals surface area contributed by atoms with E-state index in [9.17, 15) is 0 Å². The Kier molecular flexibility index (Phi) is 4.65. The molecule has 110 valence electrons. The van der Waals surface area contributed by atoms with Crippen LogP contribution >= 0.6 is 0 Å². The molecule has 0 aromatic heterocycles. The molecule has 1 aromatic rings. The van der Waals surface area contributed by atoms with Gasteiger partial charge < -0.3 is 15.8 Å². The lowest BCUT2D eigenvalue weighted by molar-refractivity contribution is -0.111. The SMILES string of the molecule is CCC1(CC)C(N=C(N)Nc2ccccc2)CC1OC. The van der Waals surface area contributed by atoms with Crippen molar-refractivity contribution in [2.24, 2.45) is 16.1 Å². The molecule has 1 aliphatic carbocycles. The number of guanidine groups is 1. The molecule has 0 spiro atoms. The van der Waals surface area contributed by atoms with Crippen molar-refractivity contribution in [3.05, 3.63) is 30.3 Å². The highest BCUT2D eigenvalue weighted by Crippen LogP contribution is 2.50. The van der Waals surface area contributed by atoms with E-state index in [0.717, 1.165) is 24.9 Å². The summed E-state index contributed by atoms with van der Waals surface area (Å²) in [7, 11) is 1.79. The van der Waals surface area contributed by atoms with Crippen LogP contribution in [-0.2, 0) is 4.74 Å². The van der Waals surface area contributed by atoms with E-state index in [1.54, 1.807) is 7.11 Å². The summed E-state index contributed by atoms with van der Waals surface area (Å²) in [6.07, 6.45) is 3.38. The van der Waals surface area contributed by atoms with Crippen molar-refractivity contribution in [1.82, 2.24) is 0 Å². The van der Waals surface area contributed by atoms with Gasteiger partial charge in [0, 0.05) is 18.2 Å². The van der Waals surface area contributed by atoms with Gasteiger partial charge in [0.1, 0.15) is 0 Å². The number of benzene rings is 1. The molecular weight excluding hydrogens is 250 g/mol. The third kappa shape index (κ3) is 2.66. The van der Waals surface area contributed by atoms with Gasteiger partial charge in [0.25, 0.3) is 0 Å². The van der Waals surface area contributed by atoms with Crippen molar-refractivity contribution in [3.63, 3.8) is 0 Å². The van der Waals surface area contributed by atoms with Gasteiger partial charge in [-0.15, -0.1) is 0 Å². The van der Waals surface area contributed by atoms with Gasteiger partial charge in [-0.2, -0.15) is 0 Å². The first kappa shape index (κ1) is 14.9. The summed E-state index contributed by atoms with van der Waals surface area (Å²) < 4.78 is 5.58. The second-order valence-corrected chi connectivity index (χ2v) is 5.42. The number of rotatable bonds is 5. The predicted octanol–water partition coefficient (Wildman–Crippen LogP) is 3.01. The topological polar surface area (TPSA) is 59.6 Å². The van der Waals surface area contributed by atoms with Gasteiger partial charge in [-0.1, -0.05) is 32.0 Å². The van der Waals surface area contributed by atoms with Gasteiger partial charge in [0.05, 0.1) is 12.1 Å². The second-order valence-electron chi connectivity index (χ2n) is 5.42. The molecule has 1 fully saturated rings. The maximum atomic E-state index is 6.03. The number of nitrogens with zero attached hydrogens (tertiary/aromatic N) is 1. The fourth-order valence-electron chi connectivity index (χ4n) is 3.28. The first-order valence-electron chi connectivity index (χ1n) is 7.34. The van der Waals surface area contributed by atoms with Gasteiger partial charge in [-0.25, -0.2) is 4.99 Å². The zero-order valence-electron chi connectivity index (χ0n) is 12.6. The van der Waals surface area contributed by atoms with Gasteiger partial charge in [-0.05, 0) is 31.4 Å². The number of hydrogen-bond donors (Lipinski definition) is 2. The zero-order valence-corrected chi connectivity index (χ0v) is 12.6. The molecule has 1 saturated carbocycles. The van der Waals surface area contributed by atoms with E-state index in [4.69, 9.17) is 10.5 Å². The van der Waals surface area contributed by atoms with Crippen LogP contribution in [0.25, 0.3) is 0 Å². The van der Waals surface area contributed by atoms with Crippen molar-refractivity contribution in [2.75, 3.05) is 12.4 Å². The molecule has 0 heterocycles. The Labute approximate surface area is 121 Å². The third-order valence-corrected chi connectivity index (χ3v) is 4.68. The number of hydrogen-bond acceptors (Lipinski definition) is 2. The van der Waals surface area contributed by atoms with Gasteiger partial charge in [0.15, 0.2) is 5.96 Å². The number of nitrogens with two attached hydrogens (primary N) is 1. The fourth-order valence-corrected chi connectivity index (χ4v) is 3.28. The standard InChI is InChI=1S/C16H25N3O/c1-4-16(5-2)13(11-14(16)20-3)19-15(17)18-12-9-7-6-8-10-12/h6-10,13-14H,4-5,11H2,1-3H3,(H3,17,18,19). The third-order valence-electron chi connectivity index (χ3n) is 4.68. The molecule has 4 heteroatoms. The molecule has 0 bridgehead atoms. The molecule has 0 saturated heterocycles. The summed E-state index contributed by atoms with van der Waals surface area (Å²) in [5, 5.41) is 3.15. The van der Waals surface area contributed by atoms with Crippen molar-refractivity contribution in [2.45, 2.75) is 45.3 Å². The Hall–Kier alpha value is -1.55. The molecule has 0 aliphatic heterocycles. The van der Waals surface area contributed by atoms with E-state index in [0.29, 0.717) is 12.1 Å². The number of ether oxygens (including phenoxy) is 1. The smallest absolute Gasteiger partial charge is 0.193 e. The first-order valence-corrected chi connectivity index (χ1v) is 7.34. The van der Waals surface area contributed by atoms with E-state index in [-0.39, 0.29) is 11.5 Å². The van der Waals surface area contributed by atoms with Crippen molar-refractivity contribution in [3.8, 4) is 0 Å². The normalized spacial score (nSPS) is 25.1. The Bertz CT molecular complexity index is 454. The molecule has 2 unspecified atom stereocenters. The van der Waals surface area contributed by atoms with Crippen LogP contribution in [0.5, 0.6) is 0 Å². The molecule has 4 nitrogen and oxygen atoms in total. The Morgan fingerprint density at radius 3 is 2.55 bits per heavy atom. The summed E-state index contributed by atoms with van der Waals surface area (Å²) >= 11 is 0. The average molecular weight is 275 g/mol. The monoisotopic (exact) mass is 275 g/mol. The second kappa shape index (κ2) is 6.27. The van der Waals surface area contributed by atoms with Gasteiger partial charge in [0.2, 0.25) is 0 Å². The summed E-state index contributed by atoms with van der Waals surface area (Å²) in [5.41, 5.74) is 7.14. The van der Waals surface area contributed by atoms with E-state index < -0.39 is 0 Å². The summed E-state index contributed by atoms with van der Waals surface area (Å²) in [6.45, 7) is 4.41. The number of nitrogens with one attached hydrogen (secondary N) is 1. The van der Waals surface area contributed by atoms with Crippen LogP contribution in [0.4, 0.5) is 5.69 Å². The van der Waals surface area contributed by atoms with Crippen LogP contribution in [-0.4, -0.2) is 25.2 Å². The fraction of sp³-hybridized carbons (Fsp3) is 0.562. The first-order chi connectivity index (χ1) is 9.66. The molecule has 20 heavy (non-hydrogen) atoms. The molecule has 2 atom stereocenters. The lowest BCUT2D eigenvalue weighted by Gasteiger charge is -2.53. The van der Waals surface area contributed by atoms with E-state index in [1.807, 2.05) is 30.3 Å². The molecular formula is C16H25N3O. The zero-order chi connectivity index (χ0) is 14.6. The molecule has 1 aliphatic rings. The molecule has 2 rings (SSSR count). The Morgan fingerprint density at radius 2 is 2.00 bits per heavy atom. The highest BCUT2D eigenvalue weighted by molar-refractivity contribution is 5.92. The highest BCUT2D eigenvalue weighted by Gasteiger charge is 2.53. The quantitative estimate of drug-likeness (QED) is 0.641. The predicted molar refractivity (Wildman–Crippen MR) is 83.9 cm³/mol. The van der Waals surface area contributed by atoms with Crippen LogP contribution in [0.2, 0.25) is 0 Å². The Balaban J connectivity index is 2.07. The van der Waals surface area contributed by atoms with Crippen molar-refractivity contribution < 1.29 is 4.74 Å². The van der Waals surface area contributed by atoms with Crippen LogP contribution in [0.3, 0.4) is 0 Å². The number of aliphatic imine (C=N–C) groups is 1. The van der Waals surface area contributed by atoms with Crippen LogP contribution in [0, 0.1) is 5.41 Å². The lowest BCUT2D eigenvalue weighted by Crippen LogP contribution is -2.57. The van der Waals surface area contributed by atoms with Gasteiger partial charge in [-0.3, -0.25) is 0 Å². The van der Waals surface area contributed by atoms with E-state index >= 15 is 0 Å². The minimum Gasteiger partial charge on any atom is -0.381 e. The van der Waals surface area contributed by atoms with Crippen molar-refractivity contribution in [1.29, 1.82) is 0 Å². The lowest BCUT2D eigenvalue weighted by atomic mass is 9.59. The number of methoxy groups -OCH3 is 1. The molecule has 0 amide bonds. The minimum absolute atomic E-state index is 0.137. The maximum absolute atomic E-state index is 6.03. The Morgan fingerprint density at radius 1 is 1.35 bits per heavy atom. The summed E-state index contributed by atoms with van der Waals surface area (Å²) in [4.78, 5) is 4.67. The molecule has 1 aromatic carbocycles. The molecule has 0 radical (unpaired) electrons. The van der Waals surface area contributed by atoms with Gasteiger partial charge >= 0.3 is 0 Å². The maximum Gasteiger partial charge on any atom is 0.193 e. The minimum atomic E-state index is 0.137. The van der Waals surface area contributed by atoms with Crippen LogP contribution in [0.1, 0.15) is 33.1 Å². The van der Waals surface area contributed by atoms with Crippen LogP contribution < -0.4 is 11.1 Å². The summed E-state index contributed by atoms with van der Waals surface area (Å²) in [6, 6.07) is 10.1. The highest BCUT2D eigenvalue weighted by atomic mass is 16.5. The molecule has 3 N–H and O–H groups in total. The summed E-state index contributed by atoms with van der Waals surface area (Å²) in [5.74, 6) is 0.488. The number of anilines is 1. The largest absolute Gasteiger partial charge is 0.381 e. The van der Waals surface area contributed by atoms with Crippen LogP contribution in [0.15, 0.2) is 35.3 Å².